The first kappa shape index (κ1) is 11.9. The van der Waals surface area contributed by atoms with Crippen LogP contribution in [0.25, 0.3) is 11.5 Å². The number of nitrogens with two attached hydrogens (primary N) is 1. The summed E-state index contributed by atoms with van der Waals surface area (Å²) >= 11 is 3.43. The molecule has 0 unspecified atom stereocenters. The molecule has 1 heterocycles. The zero-order chi connectivity index (χ0) is 12.4. The predicted molar refractivity (Wildman–Crippen MR) is 70.8 cm³/mol. The van der Waals surface area contributed by atoms with E-state index in [1.165, 1.54) is 0 Å². The van der Waals surface area contributed by atoms with Gasteiger partial charge in [0.05, 0.1) is 5.56 Å². The summed E-state index contributed by atoms with van der Waals surface area (Å²) in [6, 6.07) is 5.47. The molecule has 2 aromatic rings. The zero-order valence-electron chi connectivity index (χ0n) is 9.64. The van der Waals surface area contributed by atoms with Crippen molar-refractivity contribution < 1.29 is 4.52 Å². The van der Waals surface area contributed by atoms with Crippen LogP contribution in [0.15, 0.2) is 27.2 Å². The Morgan fingerprint density at radius 2 is 2.24 bits per heavy atom. The molecule has 0 amide bonds. The molecule has 1 aromatic carbocycles. The SMILES string of the molecule is CCN(C)c1noc(-c2cc(N)ccc2Br)n1. The van der Waals surface area contributed by atoms with Gasteiger partial charge in [-0.3, -0.25) is 0 Å². The first-order chi connectivity index (χ1) is 8.11. The fraction of sp³-hybridized carbons (Fsp3) is 0.273. The Hall–Kier alpha value is -1.56. The van der Waals surface area contributed by atoms with Crippen molar-refractivity contribution in [3.05, 3.63) is 22.7 Å². The average Bonchev–Trinajstić information content (AvgIpc) is 2.80. The monoisotopic (exact) mass is 296 g/mol. The first-order valence-corrected chi connectivity index (χ1v) is 6.01. The lowest BCUT2D eigenvalue weighted by Crippen LogP contribution is -2.16. The van der Waals surface area contributed by atoms with E-state index in [1.54, 1.807) is 6.07 Å². The van der Waals surface area contributed by atoms with Crippen molar-refractivity contribution in [2.75, 3.05) is 24.2 Å². The highest BCUT2D eigenvalue weighted by atomic mass is 79.9. The summed E-state index contributed by atoms with van der Waals surface area (Å²) < 4.78 is 6.10. The molecule has 6 heteroatoms. The van der Waals surface area contributed by atoms with Gasteiger partial charge in [-0.15, -0.1) is 0 Å². The Balaban J connectivity index is 2.40. The van der Waals surface area contributed by atoms with Crippen LogP contribution in [0, 0.1) is 0 Å². The van der Waals surface area contributed by atoms with Crippen LogP contribution in [0.2, 0.25) is 0 Å². The van der Waals surface area contributed by atoms with Gasteiger partial charge < -0.3 is 15.2 Å². The second kappa shape index (κ2) is 4.75. The van der Waals surface area contributed by atoms with E-state index >= 15 is 0 Å². The number of nitrogens with zero attached hydrogens (tertiary/aromatic N) is 3. The van der Waals surface area contributed by atoms with Crippen molar-refractivity contribution in [2.24, 2.45) is 0 Å². The highest BCUT2D eigenvalue weighted by Crippen LogP contribution is 2.29. The second-order valence-corrected chi connectivity index (χ2v) is 4.51. The van der Waals surface area contributed by atoms with Crippen molar-refractivity contribution in [3.63, 3.8) is 0 Å². The third-order valence-corrected chi connectivity index (χ3v) is 3.14. The standard InChI is InChI=1S/C11H13BrN4O/c1-3-16(2)11-14-10(17-15-11)8-6-7(13)4-5-9(8)12/h4-6H,3,13H2,1-2H3. The highest BCUT2D eigenvalue weighted by Gasteiger charge is 2.13. The third kappa shape index (κ3) is 2.41. The molecule has 0 radical (unpaired) electrons. The summed E-state index contributed by atoms with van der Waals surface area (Å²) in [7, 11) is 1.91. The molecule has 0 bridgehead atoms. The molecule has 17 heavy (non-hydrogen) atoms. The Bertz CT molecular complexity index is 526. The smallest absolute Gasteiger partial charge is 0.266 e. The van der Waals surface area contributed by atoms with Gasteiger partial charge in [0.25, 0.3) is 11.8 Å². The molecule has 0 spiro atoms. The van der Waals surface area contributed by atoms with Crippen LogP contribution in [0.1, 0.15) is 6.92 Å². The average molecular weight is 297 g/mol. The fourth-order valence-corrected chi connectivity index (χ4v) is 1.74. The molecule has 0 fully saturated rings. The molecule has 0 aliphatic heterocycles. The summed E-state index contributed by atoms with van der Waals surface area (Å²) in [6.07, 6.45) is 0. The number of aromatic nitrogens is 2. The number of nitrogen functional groups attached to an aromatic ring is 1. The van der Waals surface area contributed by atoms with E-state index in [4.69, 9.17) is 10.3 Å². The third-order valence-electron chi connectivity index (χ3n) is 2.45. The minimum atomic E-state index is 0.458. The van der Waals surface area contributed by atoms with Gasteiger partial charge >= 0.3 is 0 Å². The molecule has 1 aromatic heterocycles. The summed E-state index contributed by atoms with van der Waals surface area (Å²) in [6.45, 7) is 2.84. The predicted octanol–water partition coefficient (Wildman–Crippen LogP) is 2.54. The van der Waals surface area contributed by atoms with Gasteiger partial charge in [0.15, 0.2) is 0 Å². The maximum absolute atomic E-state index is 5.74. The van der Waals surface area contributed by atoms with Crippen LogP contribution in [-0.2, 0) is 0 Å². The Morgan fingerprint density at radius 1 is 1.47 bits per heavy atom. The minimum absolute atomic E-state index is 0.458. The molecular formula is C11H13BrN4O. The molecule has 0 aliphatic carbocycles. The zero-order valence-corrected chi connectivity index (χ0v) is 11.2. The van der Waals surface area contributed by atoms with Crippen molar-refractivity contribution in [1.82, 2.24) is 10.1 Å². The fourth-order valence-electron chi connectivity index (χ4n) is 1.33. The normalized spacial score (nSPS) is 10.5. The van der Waals surface area contributed by atoms with Crippen LogP contribution in [0.3, 0.4) is 0 Å². The van der Waals surface area contributed by atoms with Gasteiger partial charge in [0.2, 0.25) is 0 Å². The van der Waals surface area contributed by atoms with Gasteiger partial charge in [-0.1, -0.05) is 0 Å². The van der Waals surface area contributed by atoms with E-state index in [0.717, 1.165) is 16.6 Å². The Labute approximate surface area is 108 Å². The maximum Gasteiger partial charge on any atom is 0.266 e. The lowest BCUT2D eigenvalue weighted by molar-refractivity contribution is 0.430. The number of hydrogen-bond acceptors (Lipinski definition) is 5. The molecule has 90 valence electrons. The summed E-state index contributed by atoms with van der Waals surface area (Å²) in [5.41, 5.74) is 7.19. The molecule has 0 atom stereocenters. The number of anilines is 2. The van der Waals surface area contributed by atoms with Crippen LogP contribution < -0.4 is 10.6 Å². The number of benzene rings is 1. The van der Waals surface area contributed by atoms with Gasteiger partial charge in [0, 0.05) is 23.8 Å². The molecule has 2 rings (SSSR count). The molecule has 0 saturated heterocycles. The quantitative estimate of drug-likeness (QED) is 0.882. The lowest BCUT2D eigenvalue weighted by atomic mass is 10.2. The van der Waals surface area contributed by atoms with Crippen LogP contribution in [0.5, 0.6) is 0 Å². The molecular weight excluding hydrogens is 284 g/mol. The number of hydrogen-bond donors (Lipinski definition) is 1. The van der Waals surface area contributed by atoms with Crippen molar-refractivity contribution in [1.29, 1.82) is 0 Å². The van der Waals surface area contributed by atoms with Gasteiger partial charge in [-0.25, -0.2) is 0 Å². The summed E-state index contributed by atoms with van der Waals surface area (Å²) in [5, 5.41) is 3.91. The molecule has 5 nitrogen and oxygen atoms in total. The Morgan fingerprint density at radius 3 is 2.94 bits per heavy atom. The number of halogens is 1. The van der Waals surface area contributed by atoms with Crippen LogP contribution >= 0.6 is 15.9 Å². The van der Waals surface area contributed by atoms with Gasteiger partial charge in [-0.2, -0.15) is 4.98 Å². The van der Waals surface area contributed by atoms with Crippen LogP contribution in [-0.4, -0.2) is 23.7 Å². The molecule has 0 aliphatic rings. The summed E-state index contributed by atoms with van der Waals surface area (Å²) in [4.78, 5) is 6.21. The van der Waals surface area contributed by atoms with Gasteiger partial charge in [-0.05, 0) is 46.2 Å². The minimum Gasteiger partial charge on any atom is -0.399 e. The highest BCUT2D eigenvalue weighted by molar-refractivity contribution is 9.10. The topological polar surface area (TPSA) is 68.2 Å². The van der Waals surface area contributed by atoms with E-state index in [1.807, 2.05) is 31.0 Å². The number of rotatable bonds is 3. The van der Waals surface area contributed by atoms with E-state index in [0.29, 0.717) is 17.5 Å². The maximum atomic E-state index is 5.74. The van der Waals surface area contributed by atoms with Gasteiger partial charge in [0.1, 0.15) is 0 Å². The lowest BCUT2D eigenvalue weighted by Gasteiger charge is -2.08. The molecule has 0 saturated carbocycles. The van der Waals surface area contributed by atoms with Crippen LogP contribution in [0.4, 0.5) is 11.6 Å². The summed E-state index contributed by atoms with van der Waals surface area (Å²) in [5.74, 6) is 1.02. The van der Waals surface area contributed by atoms with Crippen molar-refractivity contribution in [2.45, 2.75) is 6.92 Å². The van der Waals surface area contributed by atoms with E-state index in [9.17, 15) is 0 Å². The largest absolute Gasteiger partial charge is 0.399 e. The second-order valence-electron chi connectivity index (χ2n) is 3.65. The van der Waals surface area contributed by atoms with E-state index in [2.05, 4.69) is 26.1 Å². The first-order valence-electron chi connectivity index (χ1n) is 5.22. The van der Waals surface area contributed by atoms with E-state index in [-0.39, 0.29) is 0 Å². The molecule has 2 N–H and O–H groups in total. The van der Waals surface area contributed by atoms with E-state index < -0.39 is 0 Å². The van der Waals surface area contributed by atoms with Crippen molar-refractivity contribution >= 4 is 27.6 Å². The Kier molecular flexibility index (Phi) is 3.33. The van der Waals surface area contributed by atoms with Crippen molar-refractivity contribution in [3.8, 4) is 11.5 Å².